The highest BCUT2D eigenvalue weighted by Crippen LogP contribution is 2.49. The topological polar surface area (TPSA) is 55.4 Å². The molecule has 4 nitrogen and oxygen atoms in total. The summed E-state index contributed by atoms with van der Waals surface area (Å²) in [5.74, 6) is 1.47. The van der Waals surface area contributed by atoms with Gasteiger partial charge < -0.3 is 10.1 Å². The molecule has 0 aliphatic heterocycles. The minimum atomic E-state index is -0.287. The third kappa shape index (κ3) is 4.62. The number of rotatable bonds is 5. The molecule has 0 saturated heterocycles. The highest BCUT2D eigenvalue weighted by Gasteiger charge is 2.40. The van der Waals surface area contributed by atoms with Crippen LogP contribution in [-0.2, 0) is 19.7 Å². The van der Waals surface area contributed by atoms with E-state index in [9.17, 15) is 9.59 Å². The average Bonchev–Trinajstić information content (AvgIpc) is 3.15. The van der Waals surface area contributed by atoms with Gasteiger partial charge in [-0.15, -0.1) is 0 Å². The van der Waals surface area contributed by atoms with Crippen LogP contribution in [0.5, 0.6) is 0 Å². The lowest BCUT2D eigenvalue weighted by molar-refractivity contribution is -0.148. The van der Waals surface area contributed by atoms with Crippen molar-refractivity contribution in [1.82, 2.24) is 0 Å². The van der Waals surface area contributed by atoms with E-state index in [4.69, 9.17) is 4.74 Å². The Kier molecular flexibility index (Phi) is 5.16. The van der Waals surface area contributed by atoms with Crippen molar-refractivity contribution in [3.63, 3.8) is 0 Å². The molecule has 1 aromatic rings. The lowest BCUT2D eigenvalue weighted by Crippen LogP contribution is -2.23. The summed E-state index contributed by atoms with van der Waals surface area (Å²) in [6, 6.07) is 7.79. The number of hydrogen-bond donors (Lipinski definition) is 1. The third-order valence-corrected chi connectivity index (χ3v) is 5.71. The molecule has 0 aromatic heterocycles. The van der Waals surface area contributed by atoms with Gasteiger partial charge in [-0.05, 0) is 60.1 Å². The number of carbonyl (C=O) groups is 2. The second-order valence-electron chi connectivity index (χ2n) is 8.68. The molecule has 136 valence electrons. The van der Waals surface area contributed by atoms with Gasteiger partial charge in [-0.2, -0.15) is 0 Å². The van der Waals surface area contributed by atoms with Crippen molar-refractivity contribution in [1.29, 1.82) is 0 Å². The van der Waals surface area contributed by atoms with Crippen molar-refractivity contribution in [2.24, 2.45) is 17.8 Å². The summed E-state index contributed by atoms with van der Waals surface area (Å²) in [6.45, 7) is 6.24. The first kappa shape index (κ1) is 18.0. The van der Waals surface area contributed by atoms with E-state index in [0.717, 1.165) is 18.0 Å². The Morgan fingerprint density at radius 3 is 2.40 bits per heavy atom. The van der Waals surface area contributed by atoms with Gasteiger partial charge in [0.05, 0.1) is 0 Å². The van der Waals surface area contributed by atoms with Gasteiger partial charge in [0.25, 0.3) is 5.91 Å². The number of fused-ring (bicyclic) bond motifs is 2. The number of benzene rings is 1. The lowest BCUT2D eigenvalue weighted by atomic mass is 9.86. The van der Waals surface area contributed by atoms with E-state index in [2.05, 4.69) is 26.1 Å². The van der Waals surface area contributed by atoms with Crippen LogP contribution >= 0.6 is 0 Å². The quantitative estimate of drug-likeness (QED) is 0.811. The normalized spacial score (nSPS) is 25.0. The first-order chi connectivity index (χ1) is 11.8. The largest absolute Gasteiger partial charge is 0.456 e. The maximum atomic E-state index is 12.0. The van der Waals surface area contributed by atoms with E-state index < -0.39 is 0 Å². The zero-order chi connectivity index (χ0) is 18.0. The minimum Gasteiger partial charge on any atom is -0.456 e. The van der Waals surface area contributed by atoms with Crippen LogP contribution in [0.3, 0.4) is 0 Å². The molecule has 1 amide bonds. The first-order valence-electron chi connectivity index (χ1n) is 9.37. The molecule has 4 heteroatoms. The molecule has 1 N–H and O–H groups in total. The standard InChI is InChI=1S/C21H29NO3/c1-21(2,3)17-6-8-18(9-7-17)22-19(23)13-25-20(24)12-16-11-14-4-5-15(16)10-14/h6-9,14-16H,4-5,10-13H2,1-3H3,(H,22,23)/t14-,15+,16+/m0/s1. The number of ether oxygens (including phenoxy) is 1. The second-order valence-corrected chi connectivity index (χ2v) is 8.68. The van der Waals surface area contributed by atoms with Gasteiger partial charge in [0, 0.05) is 12.1 Å². The van der Waals surface area contributed by atoms with Crippen LogP contribution < -0.4 is 5.32 Å². The van der Waals surface area contributed by atoms with Crippen LogP contribution in [0.25, 0.3) is 0 Å². The van der Waals surface area contributed by atoms with Gasteiger partial charge in [-0.25, -0.2) is 0 Å². The van der Waals surface area contributed by atoms with Crippen LogP contribution in [0.1, 0.15) is 58.4 Å². The van der Waals surface area contributed by atoms with Crippen molar-refractivity contribution >= 4 is 17.6 Å². The van der Waals surface area contributed by atoms with Crippen LogP contribution in [0, 0.1) is 17.8 Å². The van der Waals surface area contributed by atoms with E-state index in [1.54, 1.807) is 0 Å². The van der Waals surface area contributed by atoms with Gasteiger partial charge in [-0.3, -0.25) is 9.59 Å². The van der Waals surface area contributed by atoms with E-state index in [-0.39, 0.29) is 23.9 Å². The molecule has 0 radical (unpaired) electrons. The lowest BCUT2D eigenvalue weighted by Gasteiger charge is -2.20. The molecule has 25 heavy (non-hydrogen) atoms. The fraction of sp³-hybridized carbons (Fsp3) is 0.619. The van der Waals surface area contributed by atoms with Crippen LogP contribution in [0.4, 0.5) is 5.69 Å². The molecule has 2 aliphatic rings. The van der Waals surface area contributed by atoms with Crippen LogP contribution in [0.2, 0.25) is 0 Å². The summed E-state index contributed by atoms with van der Waals surface area (Å²) in [5, 5.41) is 2.78. The molecule has 2 saturated carbocycles. The van der Waals surface area contributed by atoms with Crippen molar-refractivity contribution in [3.8, 4) is 0 Å². The van der Waals surface area contributed by atoms with E-state index in [0.29, 0.717) is 18.3 Å². The number of anilines is 1. The van der Waals surface area contributed by atoms with Gasteiger partial charge in [0.2, 0.25) is 0 Å². The van der Waals surface area contributed by atoms with E-state index in [1.807, 2.05) is 24.3 Å². The molecule has 0 unspecified atom stereocenters. The molecular formula is C21H29NO3. The fourth-order valence-corrected chi connectivity index (χ4v) is 4.30. The Morgan fingerprint density at radius 2 is 1.84 bits per heavy atom. The Bertz CT molecular complexity index is 630. The first-order valence-corrected chi connectivity index (χ1v) is 9.37. The van der Waals surface area contributed by atoms with E-state index in [1.165, 1.54) is 24.8 Å². The number of nitrogens with one attached hydrogen (secondary N) is 1. The minimum absolute atomic E-state index is 0.0811. The maximum absolute atomic E-state index is 12.0. The average molecular weight is 343 g/mol. The monoisotopic (exact) mass is 343 g/mol. The predicted molar refractivity (Wildman–Crippen MR) is 98.3 cm³/mol. The van der Waals surface area contributed by atoms with Crippen molar-refractivity contribution in [2.45, 2.75) is 58.3 Å². The van der Waals surface area contributed by atoms with Gasteiger partial charge in [-0.1, -0.05) is 39.3 Å². The van der Waals surface area contributed by atoms with Gasteiger partial charge >= 0.3 is 5.97 Å². The van der Waals surface area contributed by atoms with Crippen LogP contribution in [0.15, 0.2) is 24.3 Å². The fourth-order valence-electron chi connectivity index (χ4n) is 4.30. The Labute approximate surface area is 150 Å². The van der Waals surface area contributed by atoms with Crippen molar-refractivity contribution < 1.29 is 14.3 Å². The summed E-state index contributed by atoms with van der Waals surface area (Å²) in [5.41, 5.74) is 2.02. The SMILES string of the molecule is CC(C)(C)c1ccc(NC(=O)COC(=O)C[C@H]2C[C@H]3CC[C@@H]2C3)cc1. The molecule has 2 aliphatic carbocycles. The summed E-state index contributed by atoms with van der Waals surface area (Å²) in [6.07, 6.45) is 5.49. The second kappa shape index (κ2) is 7.19. The molecule has 1 aromatic carbocycles. The third-order valence-electron chi connectivity index (χ3n) is 5.71. The summed E-state index contributed by atoms with van der Waals surface area (Å²) < 4.78 is 5.17. The number of hydrogen-bond acceptors (Lipinski definition) is 3. The molecule has 3 atom stereocenters. The number of amides is 1. The van der Waals surface area contributed by atoms with Crippen molar-refractivity contribution in [3.05, 3.63) is 29.8 Å². The van der Waals surface area contributed by atoms with Crippen LogP contribution in [-0.4, -0.2) is 18.5 Å². The van der Waals surface area contributed by atoms with Crippen molar-refractivity contribution in [2.75, 3.05) is 11.9 Å². The van der Waals surface area contributed by atoms with E-state index >= 15 is 0 Å². The predicted octanol–water partition coefficient (Wildman–Crippen LogP) is 4.29. The van der Waals surface area contributed by atoms with Gasteiger partial charge in [0.15, 0.2) is 6.61 Å². The summed E-state index contributed by atoms with van der Waals surface area (Å²) in [4.78, 5) is 24.0. The zero-order valence-corrected chi connectivity index (χ0v) is 15.5. The number of carbonyl (C=O) groups excluding carboxylic acids is 2. The molecule has 0 heterocycles. The maximum Gasteiger partial charge on any atom is 0.306 e. The highest BCUT2D eigenvalue weighted by atomic mass is 16.5. The highest BCUT2D eigenvalue weighted by molar-refractivity contribution is 5.92. The summed E-state index contributed by atoms with van der Waals surface area (Å²) >= 11 is 0. The Balaban J connectivity index is 1.41. The molecule has 2 bridgehead atoms. The number of esters is 1. The zero-order valence-electron chi connectivity index (χ0n) is 15.5. The Hall–Kier alpha value is -1.84. The molecule has 3 rings (SSSR count). The Morgan fingerprint density at radius 1 is 1.12 bits per heavy atom. The van der Waals surface area contributed by atoms with Gasteiger partial charge in [0.1, 0.15) is 0 Å². The molecule has 0 spiro atoms. The summed E-state index contributed by atoms with van der Waals surface area (Å²) in [7, 11) is 0. The smallest absolute Gasteiger partial charge is 0.306 e. The molecule has 2 fully saturated rings. The molecular weight excluding hydrogens is 314 g/mol.